The van der Waals surface area contributed by atoms with Gasteiger partial charge in [-0.3, -0.25) is 14.6 Å². The highest BCUT2D eigenvalue weighted by Crippen LogP contribution is 2.29. The number of hydrogen-bond acceptors (Lipinski definition) is 4. The van der Waals surface area contributed by atoms with E-state index in [1.807, 2.05) is 17.7 Å². The van der Waals surface area contributed by atoms with Gasteiger partial charge >= 0.3 is 0 Å². The Balaban J connectivity index is 1.42. The fraction of sp³-hybridized carbons (Fsp3) is 0.385. The van der Waals surface area contributed by atoms with Gasteiger partial charge in [-0.05, 0) is 31.9 Å². The van der Waals surface area contributed by atoms with Gasteiger partial charge in [0.1, 0.15) is 5.82 Å². The van der Waals surface area contributed by atoms with Gasteiger partial charge in [0.15, 0.2) is 0 Å². The number of hydrogen-bond donors (Lipinski definition) is 1. The molecular weight excluding hydrogens is 398 g/mol. The zero-order chi connectivity index (χ0) is 22.5. The van der Waals surface area contributed by atoms with Crippen molar-refractivity contribution in [2.45, 2.75) is 38.9 Å². The van der Waals surface area contributed by atoms with Crippen LogP contribution in [-0.4, -0.2) is 57.7 Å². The van der Waals surface area contributed by atoms with Gasteiger partial charge in [-0.1, -0.05) is 60.7 Å². The lowest BCUT2D eigenvalue weighted by Crippen LogP contribution is -2.53. The second kappa shape index (κ2) is 10.1. The third-order valence-corrected chi connectivity index (χ3v) is 6.28. The van der Waals surface area contributed by atoms with Crippen LogP contribution in [0.2, 0.25) is 0 Å². The molecule has 6 nitrogen and oxygen atoms in total. The summed E-state index contributed by atoms with van der Waals surface area (Å²) in [5.74, 6) is 0.771. The molecule has 1 aliphatic rings. The van der Waals surface area contributed by atoms with Crippen molar-refractivity contribution < 1.29 is 4.79 Å². The molecule has 1 aromatic heterocycles. The molecule has 1 fully saturated rings. The number of rotatable bonds is 7. The van der Waals surface area contributed by atoms with E-state index in [1.165, 1.54) is 11.1 Å². The first kappa shape index (κ1) is 22.2. The number of anilines is 1. The summed E-state index contributed by atoms with van der Waals surface area (Å²) in [5, 5.41) is 7.37. The van der Waals surface area contributed by atoms with Gasteiger partial charge in [0.25, 0.3) is 0 Å². The Hall–Kier alpha value is -2.96. The number of carbonyl (C=O) groups is 1. The smallest absolute Gasteiger partial charge is 0.242 e. The SMILES string of the molecule is CC(C)n1nccc1NC(=O)[C@H](C)N1CCN(C(c2ccccc2)c2ccccc2)CC1. The van der Waals surface area contributed by atoms with Gasteiger partial charge in [-0.15, -0.1) is 0 Å². The highest BCUT2D eigenvalue weighted by molar-refractivity contribution is 5.93. The molecule has 1 N–H and O–H groups in total. The van der Waals surface area contributed by atoms with Crippen LogP contribution >= 0.6 is 0 Å². The van der Waals surface area contributed by atoms with Crippen LogP contribution in [0.25, 0.3) is 0 Å². The Morgan fingerprint density at radius 3 is 1.88 bits per heavy atom. The minimum absolute atomic E-state index is 0.0171. The fourth-order valence-electron chi connectivity index (χ4n) is 4.49. The molecule has 6 heteroatoms. The Morgan fingerprint density at radius 1 is 0.812 bits per heavy atom. The molecule has 4 rings (SSSR count). The first-order valence-electron chi connectivity index (χ1n) is 11.5. The summed E-state index contributed by atoms with van der Waals surface area (Å²) in [4.78, 5) is 17.7. The lowest BCUT2D eigenvalue weighted by Gasteiger charge is -2.41. The van der Waals surface area contributed by atoms with Gasteiger partial charge in [0.2, 0.25) is 5.91 Å². The normalized spacial score (nSPS) is 16.4. The largest absolute Gasteiger partial charge is 0.310 e. The number of benzene rings is 2. The predicted octanol–water partition coefficient (Wildman–Crippen LogP) is 4.20. The summed E-state index contributed by atoms with van der Waals surface area (Å²) in [6.07, 6.45) is 1.73. The van der Waals surface area contributed by atoms with E-state index in [9.17, 15) is 4.79 Å². The molecule has 0 aliphatic carbocycles. The molecule has 168 valence electrons. The summed E-state index contributed by atoms with van der Waals surface area (Å²) in [6.45, 7) is 9.64. The lowest BCUT2D eigenvalue weighted by molar-refractivity contribution is -0.121. The van der Waals surface area contributed by atoms with E-state index in [2.05, 4.69) is 94.7 Å². The topological polar surface area (TPSA) is 53.4 Å². The quantitative estimate of drug-likeness (QED) is 0.609. The van der Waals surface area contributed by atoms with E-state index in [1.54, 1.807) is 6.20 Å². The van der Waals surface area contributed by atoms with Crippen LogP contribution in [0.1, 0.15) is 44.0 Å². The Labute approximate surface area is 190 Å². The maximum absolute atomic E-state index is 12.9. The Kier molecular flexibility index (Phi) is 7.02. The number of aromatic nitrogens is 2. The number of piperazine rings is 1. The van der Waals surface area contributed by atoms with Crippen molar-refractivity contribution in [3.8, 4) is 0 Å². The lowest BCUT2D eigenvalue weighted by atomic mass is 9.96. The maximum Gasteiger partial charge on any atom is 0.242 e. The van der Waals surface area contributed by atoms with Gasteiger partial charge in [-0.25, -0.2) is 4.68 Å². The van der Waals surface area contributed by atoms with Gasteiger partial charge in [0, 0.05) is 38.3 Å². The number of nitrogens with zero attached hydrogens (tertiary/aromatic N) is 4. The zero-order valence-corrected chi connectivity index (χ0v) is 19.2. The molecule has 0 unspecified atom stereocenters. The first-order chi connectivity index (χ1) is 15.5. The van der Waals surface area contributed by atoms with E-state index in [4.69, 9.17) is 0 Å². The van der Waals surface area contributed by atoms with Crippen molar-refractivity contribution in [1.29, 1.82) is 0 Å². The minimum Gasteiger partial charge on any atom is -0.310 e. The molecule has 2 heterocycles. The molecule has 1 amide bonds. The van der Waals surface area contributed by atoms with Crippen molar-refractivity contribution in [2.75, 3.05) is 31.5 Å². The van der Waals surface area contributed by atoms with Crippen LogP contribution in [0, 0.1) is 0 Å². The van der Waals surface area contributed by atoms with Crippen LogP contribution in [0.4, 0.5) is 5.82 Å². The second-order valence-corrected chi connectivity index (χ2v) is 8.72. The summed E-state index contributed by atoms with van der Waals surface area (Å²) < 4.78 is 1.84. The average molecular weight is 432 g/mol. The van der Waals surface area contributed by atoms with Crippen LogP contribution in [0.15, 0.2) is 72.9 Å². The van der Waals surface area contributed by atoms with E-state index in [0.717, 1.165) is 32.0 Å². The number of nitrogens with one attached hydrogen (secondary N) is 1. The van der Waals surface area contributed by atoms with E-state index < -0.39 is 0 Å². The summed E-state index contributed by atoms with van der Waals surface area (Å²) in [7, 11) is 0. The van der Waals surface area contributed by atoms with E-state index in [-0.39, 0.29) is 24.0 Å². The fourth-order valence-corrected chi connectivity index (χ4v) is 4.49. The minimum atomic E-state index is -0.195. The number of carbonyl (C=O) groups excluding carboxylic acids is 1. The van der Waals surface area contributed by atoms with Crippen LogP contribution < -0.4 is 5.32 Å². The van der Waals surface area contributed by atoms with Crippen molar-refractivity contribution in [1.82, 2.24) is 19.6 Å². The Bertz CT molecular complexity index is 954. The third-order valence-electron chi connectivity index (χ3n) is 6.28. The first-order valence-corrected chi connectivity index (χ1v) is 11.5. The van der Waals surface area contributed by atoms with Crippen molar-refractivity contribution in [3.05, 3.63) is 84.1 Å². The summed E-state index contributed by atoms with van der Waals surface area (Å²) in [5.41, 5.74) is 2.61. The standard InChI is InChI=1S/C26H33N5O/c1-20(2)31-24(14-15-27-31)28-26(32)21(3)29-16-18-30(19-17-29)25(22-10-6-4-7-11-22)23-12-8-5-9-13-23/h4-15,20-21,25H,16-19H2,1-3H3,(H,28,32)/t21-/m0/s1. The van der Waals surface area contributed by atoms with Crippen LogP contribution in [0.3, 0.4) is 0 Å². The molecule has 0 saturated carbocycles. The molecule has 0 bridgehead atoms. The number of amides is 1. The molecule has 1 aliphatic heterocycles. The predicted molar refractivity (Wildman–Crippen MR) is 129 cm³/mol. The monoisotopic (exact) mass is 431 g/mol. The maximum atomic E-state index is 12.9. The van der Waals surface area contributed by atoms with Crippen molar-refractivity contribution in [3.63, 3.8) is 0 Å². The van der Waals surface area contributed by atoms with Crippen molar-refractivity contribution >= 4 is 11.7 Å². The van der Waals surface area contributed by atoms with Crippen molar-refractivity contribution in [2.24, 2.45) is 0 Å². The molecule has 0 radical (unpaired) electrons. The molecule has 32 heavy (non-hydrogen) atoms. The van der Waals surface area contributed by atoms with Crippen LogP contribution in [0.5, 0.6) is 0 Å². The van der Waals surface area contributed by atoms with Gasteiger partial charge in [0.05, 0.1) is 18.3 Å². The molecule has 2 aromatic carbocycles. The highest BCUT2D eigenvalue weighted by atomic mass is 16.2. The summed E-state index contributed by atoms with van der Waals surface area (Å²) in [6, 6.07) is 23.5. The third kappa shape index (κ3) is 4.92. The Morgan fingerprint density at radius 2 is 1.34 bits per heavy atom. The summed E-state index contributed by atoms with van der Waals surface area (Å²) >= 11 is 0. The van der Waals surface area contributed by atoms with E-state index >= 15 is 0 Å². The second-order valence-electron chi connectivity index (χ2n) is 8.72. The molecular formula is C26H33N5O. The van der Waals surface area contributed by atoms with Crippen LogP contribution in [-0.2, 0) is 4.79 Å². The van der Waals surface area contributed by atoms with E-state index in [0.29, 0.717) is 0 Å². The molecule has 0 spiro atoms. The van der Waals surface area contributed by atoms with Gasteiger partial charge < -0.3 is 5.32 Å². The zero-order valence-electron chi connectivity index (χ0n) is 19.2. The highest BCUT2D eigenvalue weighted by Gasteiger charge is 2.30. The molecule has 3 aromatic rings. The van der Waals surface area contributed by atoms with Gasteiger partial charge in [-0.2, -0.15) is 5.10 Å². The molecule has 1 saturated heterocycles. The molecule has 1 atom stereocenters. The average Bonchev–Trinajstić information content (AvgIpc) is 3.29.